The van der Waals surface area contributed by atoms with Crippen LogP contribution in [0.25, 0.3) is 0 Å². The van der Waals surface area contributed by atoms with Gasteiger partial charge in [0.05, 0.1) is 0 Å². The maximum Gasteiger partial charge on any atom is 0.250 e. The van der Waals surface area contributed by atoms with Crippen LogP contribution >= 0.6 is 11.3 Å². The van der Waals surface area contributed by atoms with Crippen molar-refractivity contribution < 1.29 is 4.79 Å². The second kappa shape index (κ2) is 7.14. The van der Waals surface area contributed by atoms with Crippen LogP contribution in [0.15, 0.2) is 18.5 Å². The van der Waals surface area contributed by atoms with E-state index in [2.05, 4.69) is 27.5 Å². The number of carbonyl (C=O) groups excluding carboxylic acids is 1. The molecule has 0 aromatic carbocycles. The van der Waals surface area contributed by atoms with Gasteiger partial charge < -0.3 is 0 Å². The number of aromatic nitrogens is 4. The van der Waals surface area contributed by atoms with E-state index in [1.54, 1.807) is 30.1 Å². The van der Waals surface area contributed by atoms with Crippen LogP contribution in [0.4, 0.5) is 5.13 Å². The molecular weight excluding hydrogens is 274 g/mol. The van der Waals surface area contributed by atoms with Crippen LogP contribution in [-0.4, -0.2) is 25.9 Å². The van der Waals surface area contributed by atoms with E-state index in [0.717, 1.165) is 17.8 Å². The predicted octanol–water partition coefficient (Wildman–Crippen LogP) is 2.67. The largest absolute Gasteiger partial charge is 0.299 e. The zero-order valence-electron chi connectivity index (χ0n) is 11.7. The van der Waals surface area contributed by atoms with Gasteiger partial charge in [0.25, 0.3) is 5.91 Å². The molecule has 0 saturated carbocycles. The van der Waals surface area contributed by atoms with Crippen LogP contribution in [0.1, 0.15) is 44.2 Å². The summed E-state index contributed by atoms with van der Waals surface area (Å²) in [7, 11) is 0. The molecule has 2 heterocycles. The first kappa shape index (κ1) is 14.6. The summed E-state index contributed by atoms with van der Waals surface area (Å²) in [6, 6.07) is 1.43. The molecule has 1 N–H and O–H groups in total. The van der Waals surface area contributed by atoms with E-state index in [0.29, 0.717) is 5.13 Å². The highest BCUT2D eigenvalue weighted by atomic mass is 32.1. The SMILES string of the molecule is CCCCCc1nnc(NC(=O)C(C)n2cccn2)s1. The van der Waals surface area contributed by atoms with E-state index < -0.39 is 0 Å². The fourth-order valence-corrected chi connectivity index (χ4v) is 2.56. The van der Waals surface area contributed by atoms with Gasteiger partial charge >= 0.3 is 0 Å². The summed E-state index contributed by atoms with van der Waals surface area (Å²) < 4.78 is 1.61. The molecule has 2 aromatic heterocycles. The lowest BCUT2D eigenvalue weighted by atomic mass is 10.2. The van der Waals surface area contributed by atoms with E-state index in [9.17, 15) is 4.79 Å². The molecule has 108 valence electrons. The summed E-state index contributed by atoms with van der Waals surface area (Å²) in [6.07, 6.45) is 7.83. The first-order chi connectivity index (χ1) is 9.70. The summed E-state index contributed by atoms with van der Waals surface area (Å²) in [4.78, 5) is 12.0. The Hall–Kier alpha value is -1.76. The van der Waals surface area contributed by atoms with Crippen molar-refractivity contribution in [3.05, 3.63) is 23.5 Å². The molecule has 0 radical (unpaired) electrons. The second-order valence-corrected chi connectivity index (χ2v) is 5.67. The summed E-state index contributed by atoms with van der Waals surface area (Å²) in [6.45, 7) is 3.97. The van der Waals surface area contributed by atoms with Gasteiger partial charge in [0.15, 0.2) is 0 Å². The van der Waals surface area contributed by atoms with E-state index in [1.165, 1.54) is 24.2 Å². The third-order valence-electron chi connectivity index (χ3n) is 2.99. The second-order valence-electron chi connectivity index (χ2n) is 4.61. The number of nitrogens with zero attached hydrogens (tertiary/aromatic N) is 4. The maximum absolute atomic E-state index is 12.0. The molecule has 2 rings (SSSR count). The fraction of sp³-hybridized carbons (Fsp3) is 0.538. The number of aryl methyl sites for hydroxylation is 1. The van der Waals surface area contributed by atoms with Gasteiger partial charge in [-0.05, 0) is 19.4 Å². The van der Waals surface area contributed by atoms with Gasteiger partial charge in [0.2, 0.25) is 5.13 Å². The summed E-state index contributed by atoms with van der Waals surface area (Å²) >= 11 is 1.44. The topological polar surface area (TPSA) is 72.7 Å². The lowest BCUT2D eigenvalue weighted by Gasteiger charge is -2.10. The number of unbranched alkanes of at least 4 members (excludes halogenated alkanes) is 2. The lowest BCUT2D eigenvalue weighted by Crippen LogP contribution is -2.23. The quantitative estimate of drug-likeness (QED) is 0.797. The molecule has 1 atom stereocenters. The highest BCUT2D eigenvalue weighted by Gasteiger charge is 2.16. The van der Waals surface area contributed by atoms with Crippen molar-refractivity contribution in [2.75, 3.05) is 5.32 Å². The van der Waals surface area contributed by atoms with Gasteiger partial charge in [0, 0.05) is 18.8 Å². The van der Waals surface area contributed by atoms with Crippen LogP contribution in [-0.2, 0) is 11.2 Å². The molecule has 1 amide bonds. The summed E-state index contributed by atoms with van der Waals surface area (Å²) in [5, 5.41) is 16.5. The van der Waals surface area contributed by atoms with Crippen molar-refractivity contribution in [2.24, 2.45) is 0 Å². The molecule has 2 aromatic rings. The minimum absolute atomic E-state index is 0.134. The van der Waals surface area contributed by atoms with Crippen LogP contribution < -0.4 is 5.32 Å². The number of amides is 1. The average molecular weight is 293 g/mol. The van der Waals surface area contributed by atoms with Gasteiger partial charge in [-0.1, -0.05) is 31.1 Å². The van der Waals surface area contributed by atoms with Gasteiger partial charge in [0.1, 0.15) is 11.0 Å². The number of hydrogen-bond acceptors (Lipinski definition) is 5. The zero-order chi connectivity index (χ0) is 14.4. The van der Waals surface area contributed by atoms with Crippen molar-refractivity contribution in [1.29, 1.82) is 0 Å². The first-order valence-electron chi connectivity index (χ1n) is 6.83. The summed E-state index contributed by atoms with van der Waals surface area (Å²) in [5.41, 5.74) is 0. The van der Waals surface area contributed by atoms with Crippen molar-refractivity contribution >= 4 is 22.4 Å². The average Bonchev–Trinajstić information content (AvgIpc) is 3.09. The molecule has 0 saturated heterocycles. The van der Waals surface area contributed by atoms with E-state index in [-0.39, 0.29) is 11.9 Å². The number of rotatable bonds is 7. The lowest BCUT2D eigenvalue weighted by molar-refractivity contribution is -0.119. The smallest absolute Gasteiger partial charge is 0.250 e. The maximum atomic E-state index is 12.0. The van der Waals surface area contributed by atoms with Crippen molar-refractivity contribution in [3.63, 3.8) is 0 Å². The van der Waals surface area contributed by atoms with E-state index in [4.69, 9.17) is 0 Å². The standard InChI is InChI=1S/C13H19N5OS/c1-3-4-5-7-11-16-17-13(20-11)15-12(19)10(2)18-9-6-8-14-18/h6,8-10H,3-5,7H2,1-2H3,(H,15,17,19). The highest BCUT2D eigenvalue weighted by molar-refractivity contribution is 7.15. The number of carbonyl (C=O) groups is 1. The normalized spacial score (nSPS) is 12.3. The monoisotopic (exact) mass is 293 g/mol. The number of hydrogen-bond donors (Lipinski definition) is 1. The van der Waals surface area contributed by atoms with Gasteiger partial charge in [-0.2, -0.15) is 5.10 Å². The van der Waals surface area contributed by atoms with Gasteiger partial charge in [-0.15, -0.1) is 10.2 Å². The molecule has 0 spiro atoms. The third-order valence-corrected chi connectivity index (χ3v) is 3.89. The Kier molecular flexibility index (Phi) is 5.23. The van der Waals surface area contributed by atoms with Crippen LogP contribution in [0.2, 0.25) is 0 Å². The Morgan fingerprint density at radius 3 is 3.00 bits per heavy atom. The fourth-order valence-electron chi connectivity index (χ4n) is 1.77. The molecular formula is C13H19N5OS. The number of anilines is 1. The van der Waals surface area contributed by atoms with E-state index in [1.807, 2.05) is 0 Å². The van der Waals surface area contributed by atoms with Crippen molar-refractivity contribution in [1.82, 2.24) is 20.0 Å². The molecule has 0 aliphatic carbocycles. The number of nitrogens with one attached hydrogen (secondary N) is 1. The van der Waals surface area contributed by atoms with E-state index >= 15 is 0 Å². The first-order valence-corrected chi connectivity index (χ1v) is 7.64. The molecule has 0 bridgehead atoms. The molecule has 7 heteroatoms. The Morgan fingerprint density at radius 2 is 2.30 bits per heavy atom. The Morgan fingerprint density at radius 1 is 1.45 bits per heavy atom. The minimum atomic E-state index is -0.363. The summed E-state index contributed by atoms with van der Waals surface area (Å²) in [5.74, 6) is -0.134. The molecule has 0 aliphatic rings. The Bertz CT molecular complexity index is 537. The molecule has 20 heavy (non-hydrogen) atoms. The van der Waals surface area contributed by atoms with Gasteiger partial charge in [-0.3, -0.25) is 14.8 Å². The third kappa shape index (κ3) is 3.86. The van der Waals surface area contributed by atoms with Gasteiger partial charge in [-0.25, -0.2) is 0 Å². The zero-order valence-corrected chi connectivity index (χ0v) is 12.6. The molecule has 0 fully saturated rings. The van der Waals surface area contributed by atoms with Crippen LogP contribution in [0.3, 0.4) is 0 Å². The Labute approximate surface area is 122 Å². The predicted molar refractivity (Wildman–Crippen MR) is 78.7 cm³/mol. The molecule has 1 unspecified atom stereocenters. The highest BCUT2D eigenvalue weighted by Crippen LogP contribution is 2.18. The Balaban J connectivity index is 1.88. The minimum Gasteiger partial charge on any atom is -0.299 e. The van der Waals surface area contributed by atoms with Crippen molar-refractivity contribution in [2.45, 2.75) is 45.6 Å². The molecule has 0 aliphatic heterocycles. The molecule has 6 nitrogen and oxygen atoms in total. The van der Waals surface area contributed by atoms with Crippen molar-refractivity contribution in [3.8, 4) is 0 Å². The van der Waals surface area contributed by atoms with Crippen LogP contribution in [0, 0.1) is 0 Å². The van der Waals surface area contributed by atoms with Crippen LogP contribution in [0.5, 0.6) is 0 Å².